The van der Waals surface area contributed by atoms with Crippen LogP contribution in [-0.4, -0.2) is 49.4 Å². The molecular weight excluding hydrogens is 437 g/mol. The predicted octanol–water partition coefficient (Wildman–Crippen LogP) is 1.22. The highest BCUT2D eigenvalue weighted by Gasteiger charge is 2.17. The lowest BCUT2D eigenvalue weighted by Gasteiger charge is -2.27. The molecule has 0 aromatic heterocycles. The van der Waals surface area contributed by atoms with E-state index in [1.54, 1.807) is 11.0 Å². The van der Waals surface area contributed by atoms with Gasteiger partial charge in [0, 0.05) is 34.2 Å². The molecule has 0 unspecified atom stereocenters. The van der Waals surface area contributed by atoms with Crippen LogP contribution in [0, 0.1) is 3.57 Å². The van der Waals surface area contributed by atoms with Crippen LogP contribution in [-0.2, 0) is 4.79 Å². The van der Waals surface area contributed by atoms with Gasteiger partial charge in [-0.15, -0.1) is 0 Å². The van der Waals surface area contributed by atoms with Crippen molar-refractivity contribution >= 4 is 50.3 Å². The third-order valence-corrected chi connectivity index (χ3v) is 4.48. The summed E-state index contributed by atoms with van der Waals surface area (Å²) in [5.41, 5.74) is 0.577. The van der Waals surface area contributed by atoms with E-state index in [9.17, 15) is 9.59 Å². The summed E-state index contributed by atoms with van der Waals surface area (Å²) in [4.78, 5) is 25.8. The van der Waals surface area contributed by atoms with E-state index in [2.05, 4.69) is 49.2 Å². The molecule has 0 bridgehead atoms. The minimum atomic E-state index is -0.223. The Morgan fingerprint density at radius 2 is 2.05 bits per heavy atom. The van der Waals surface area contributed by atoms with E-state index in [0.717, 1.165) is 21.1 Å². The molecule has 1 saturated heterocycles. The number of carbonyl (C=O) groups is 2. The normalized spacial score (nSPS) is 15.0. The number of amides is 2. The van der Waals surface area contributed by atoms with Crippen molar-refractivity contribution in [3.8, 4) is 0 Å². The molecule has 1 aromatic carbocycles. The molecule has 7 heteroatoms. The fraction of sp³-hybridized carbons (Fsp3) is 0.385. The fourth-order valence-corrected chi connectivity index (χ4v) is 2.89. The Morgan fingerprint density at radius 1 is 1.35 bits per heavy atom. The lowest BCUT2D eigenvalue weighted by Crippen LogP contribution is -2.49. The average molecular weight is 452 g/mol. The van der Waals surface area contributed by atoms with Crippen molar-refractivity contribution in [2.24, 2.45) is 0 Å². The number of nitrogens with one attached hydrogen (secondary N) is 2. The average Bonchev–Trinajstić information content (AvgIpc) is 2.47. The molecule has 20 heavy (non-hydrogen) atoms. The van der Waals surface area contributed by atoms with Crippen LogP contribution in [0.15, 0.2) is 22.7 Å². The molecule has 1 aliphatic rings. The summed E-state index contributed by atoms with van der Waals surface area (Å²) < 4.78 is 1.70. The van der Waals surface area contributed by atoms with Crippen LogP contribution in [0.2, 0.25) is 0 Å². The first kappa shape index (κ1) is 15.7. The third-order valence-electron chi connectivity index (χ3n) is 3.04. The summed E-state index contributed by atoms with van der Waals surface area (Å²) in [6.45, 7) is 3.06. The molecule has 2 N–H and O–H groups in total. The van der Waals surface area contributed by atoms with Gasteiger partial charge in [0.25, 0.3) is 5.91 Å². The van der Waals surface area contributed by atoms with Crippen LogP contribution in [0.25, 0.3) is 0 Å². The van der Waals surface area contributed by atoms with Crippen molar-refractivity contribution in [1.29, 1.82) is 0 Å². The molecule has 5 nitrogen and oxygen atoms in total. The summed E-state index contributed by atoms with van der Waals surface area (Å²) in [6.07, 6.45) is 0. The Morgan fingerprint density at radius 3 is 2.75 bits per heavy atom. The van der Waals surface area contributed by atoms with Crippen LogP contribution in [0.4, 0.5) is 0 Å². The maximum atomic E-state index is 12.1. The highest BCUT2D eigenvalue weighted by Crippen LogP contribution is 2.18. The number of benzene rings is 1. The number of halogens is 2. The van der Waals surface area contributed by atoms with Crippen LogP contribution >= 0.6 is 38.5 Å². The Bertz CT molecular complexity index is 518. The van der Waals surface area contributed by atoms with E-state index in [0.29, 0.717) is 18.7 Å². The van der Waals surface area contributed by atoms with Gasteiger partial charge >= 0.3 is 0 Å². The van der Waals surface area contributed by atoms with E-state index >= 15 is 0 Å². The first-order chi connectivity index (χ1) is 9.58. The molecule has 108 valence electrons. The van der Waals surface area contributed by atoms with Gasteiger partial charge in [0.15, 0.2) is 0 Å². The lowest BCUT2D eigenvalue weighted by molar-refractivity contribution is -0.130. The van der Waals surface area contributed by atoms with Gasteiger partial charge in [-0.1, -0.05) is 15.9 Å². The fourth-order valence-electron chi connectivity index (χ4n) is 1.95. The van der Waals surface area contributed by atoms with Crippen LogP contribution in [0.3, 0.4) is 0 Å². The van der Waals surface area contributed by atoms with Crippen LogP contribution in [0.5, 0.6) is 0 Å². The first-order valence-electron chi connectivity index (χ1n) is 6.29. The summed E-state index contributed by atoms with van der Waals surface area (Å²) in [5, 5.41) is 5.87. The maximum absolute atomic E-state index is 12.1. The minimum Gasteiger partial charge on any atom is -0.343 e. The summed E-state index contributed by atoms with van der Waals surface area (Å²) in [5.74, 6) is -0.260. The summed E-state index contributed by atoms with van der Waals surface area (Å²) in [7, 11) is 0. The second kappa shape index (κ2) is 7.37. The molecule has 0 saturated carbocycles. The first-order valence-corrected chi connectivity index (χ1v) is 8.17. The standard InChI is InChI=1S/C13H15BrIN3O2/c14-9-1-2-11(15)10(7-9)13(20)17-8-12(19)18-5-3-16-4-6-18/h1-2,7,16H,3-6,8H2,(H,17,20). The molecule has 2 amide bonds. The van der Waals surface area contributed by atoms with Crippen molar-refractivity contribution in [2.45, 2.75) is 0 Å². The highest BCUT2D eigenvalue weighted by molar-refractivity contribution is 14.1. The van der Waals surface area contributed by atoms with E-state index < -0.39 is 0 Å². The molecule has 0 spiro atoms. The van der Waals surface area contributed by atoms with Crippen molar-refractivity contribution in [3.05, 3.63) is 31.8 Å². The van der Waals surface area contributed by atoms with Gasteiger partial charge in [-0.2, -0.15) is 0 Å². The molecule has 2 rings (SSSR count). The second-order valence-corrected chi connectivity index (χ2v) is 6.52. The molecule has 1 aliphatic heterocycles. The molecule has 0 radical (unpaired) electrons. The molecule has 1 heterocycles. The maximum Gasteiger partial charge on any atom is 0.252 e. The zero-order valence-corrected chi connectivity index (χ0v) is 14.5. The van der Waals surface area contributed by atoms with Gasteiger partial charge in [-0.3, -0.25) is 9.59 Å². The Hall–Kier alpha value is -0.670. The van der Waals surface area contributed by atoms with Crippen molar-refractivity contribution < 1.29 is 9.59 Å². The number of hydrogen-bond donors (Lipinski definition) is 2. The number of nitrogens with zero attached hydrogens (tertiary/aromatic N) is 1. The van der Waals surface area contributed by atoms with Crippen molar-refractivity contribution in [2.75, 3.05) is 32.7 Å². The molecule has 0 aliphatic carbocycles. The number of rotatable bonds is 3. The molecule has 0 atom stereocenters. The van der Waals surface area contributed by atoms with E-state index in [1.165, 1.54) is 0 Å². The quantitative estimate of drug-likeness (QED) is 0.679. The van der Waals surface area contributed by atoms with E-state index in [4.69, 9.17) is 0 Å². The molecule has 1 fully saturated rings. The molecular formula is C13H15BrIN3O2. The van der Waals surface area contributed by atoms with Gasteiger partial charge in [-0.25, -0.2) is 0 Å². The number of hydrogen-bond acceptors (Lipinski definition) is 3. The molecule has 1 aromatic rings. The minimum absolute atomic E-state index is 0.0372. The Balaban J connectivity index is 1.91. The van der Waals surface area contributed by atoms with Gasteiger partial charge in [-0.05, 0) is 40.8 Å². The van der Waals surface area contributed by atoms with Crippen molar-refractivity contribution in [1.82, 2.24) is 15.5 Å². The SMILES string of the molecule is O=C(NCC(=O)N1CCNCC1)c1cc(Br)ccc1I. The van der Waals surface area contributed by atoms with Gasteiger partial charge in [0.05, 0.1) is 12.1 Å². The second-order valence-electron chi connectivity index (χ2n) is 4.44. The van der Waals surface area contributed by atoms with Crippen molar-refractivity contribution in [3.63, 3.8) is 0 Å². The monoisotopic (exact) mass is 451 g/mol. The van der Waals surface area contributed by atoms with Gasteiger partial charge in [0.2, 0.25) is 5.91 Å². The number of piperazine rings is 1. The largest absolute Gasteiger partial charge is 0.343 e. The lowest BCUT2D eigenvalue weighted by atomic mass is 10.2. The van der Waals surface area contributed by atoms with Gasteiger partial charge in [0.1, 0.15) is 0 Å². The Labute approximate surface area is 139 Å². The van der Waals surface area contributed by atoms with Gasteiger partial charge < -0.3 is 15.5 Å². The highest BCUT2D eigenvalue weighted by atomic mass is 127. The zero-order valence-electron chi connectivity index (χ0n) is 10.8. The zero-order chi connectivity index (χ0) is 14.5. The van der Waals surface area contributed by atoms with E-state index in [-0.39, 0.29) is 18.4 Å². The topological polar surface area (TPSA) is 61.4 Å². The predicted molar refractivity (Wildman–Crippen MR) is 88.6 cm³/mol. The summed E-state index contributed by atoms with van der Waals surface area (Å²) in [6, 6.07) is 5.49. The van der Waals surface area contributed by atoms with Crippen LogP contribution < -0.4 is 10.6 Å². The van der Waals surface area contributed by atoms with E-state index in [1.807, 2.05) is 12.1 Å². The third kappa shape index (κ3) is 4.16. The smallest absolute Gasteiger partial charge is 0.252 e. The number of carbonyl (C=O) groups excluding carboxylic acids is 2. The van der Waals surface area contributed by atoms with Crippen LogP contribution in [0.1, 0.15) is 10.4 Å². The Kier molecular flexibility index (Phi) is 5.79. The summed E-state index contributed by atoms with van der Waals surface area (Å²) >= 11 is 5.45.